The molecule has 36 heavy (non-hydrogen) atoms. The van der Waals surface area contributed by atoms with Gasteiger partial charge in [-0.15, -0.1) is 0 Å². The van der Waals surface area contributed by atoms with Crippen molar-refractivity contribution >= 4 is 46.8 Å². The average molecular weight is 532 g/mol. The van der Waals surface area contributed by atoms with Crippen LogP contribution in [0.1, 0.15) is 73.2 Å². The highest BCUT2D eigenvalue weighted by molar-refractivity contribution is 6.36. The van der Waals surface area contributed by atoms with Crippen molar-refractivity contribution in [2.24, 2.45) is 0 Å². The Morgan fingerprint density at radius 2 is 1.53 bits per heavy atom. The molecule has 2 aromatic rings. The van der Waals surface area contributed by atoms with Crippen LogP contribution >= 0.6 is 23.2 Å². The number of rotatable bonds is 9. The van der Waals surface area contributed by atoms with Crippen molar-refractivity contribution in [1.82, 2.24) is 15.1 Å². The average Bonchev–Trinajstić information content (AvgIpc) is 3.04. The normalized spacial score (nSPS) is 14.0. The molecule has 0 spiro atoms. The van der Waals surface area contributed by atoms with Gasteiger partial charge in [-0.1, -0.05) is 48.3 Å². The first-order chi connectivity index (χ1) is 16.9. The van der Waals surface area contributed by atoms with Crippen LogP contribution in [0.15, 0.2) is 42.5 Å². The Labute approximate surface area is 221 Å². The second kappa shape index (κ2) is 11.4. The molecule has 0 fully saturated rings. The summed E-state index contributed by atoms with van der Waals surface area (Å²) in [5.41, 5.74) is 0.811. The van der Waals surface area contributed by atoms with Crippen LogP contribution in [-0.4, -0.2) is 51.6 Å². The number of amides is 4. The number of carbonyl (C=O) groups is 4. The molecule has 3 rings (SSSR count). The SMILES string of the molecule is CC[C@H](C(=O)NC(C)(C)C)N(Cc1c(Cl)cccc1Cl)C(=O)CCCN1C(=O)c2ccccc2C1=O. The molecule has 1 heterocycles. The van der Waals surface area contributed by atoms with E-state index < -0.39 is 11.6 Å². The van der Waals surface area contributed by atoms with Crippen LogP contribution in [0.2, 0.25) is 10.0 Å². The van der Waals surface area contributed by atoms with Crippen molar-refractivity contribution < 1.29 is 19.2 Å². The fraction of sp³-hybridized carbons (Fsp3) is 0.407. The zero-order chi connectivity index (χ0) is 26.6. The standard InChI is InChI=1S/C27H31Cl2N3O4/c1-5-22(24(34)30-27(2,3)4)32(16-19-20(28)12-8-13-21(19)29)23(33)14-9-15-31-25(35)17-10-6-7-11-18(17)26(31)36/h6-8,10-13,22H,5,9,14-16H2,1-4H3,(H,30,34)/t22-/m1/s1. The topological polar surface area (TPSA) is 86.8 Å². The molecule has 0 radical (unpaired) electrons. The molecule has 1 N–H and O–H groups in total. The summed E-state index contributed by atoms with van der Waals surface area (Å²) >= 11 is 12.7. The van der Waals surface area contributed by atoms with Crippen molar-refractivity contribution in [2.45, 2.75) is 65.1 Å². The van der Waals surface area contributed by atoms with Gasteiger partial charge in [0.15, 0.2) is 0 Å². The number of nitrogens with zero attached hydrogens (tertiary/aromatic N) is 2. The van der Waals surface area contributed by atoms with Gasteiger partial charge in [-0.05, 0) is 57.9 Å². The molecule has 1 aliphatic rings. The van der Waals surface area contributed by atoms with Crippen molar-refractivity contribution in [1.29, 1.82) is 0 Å². The van der Waals surface area contributed by atoms with Crippen LogP contribution < -0.4 is 5.32 Å². The van der Waals surface area contributed by atoms with Gasteiger partial charge in [-0.2, -0.15) is 0 Å². The molecule has 0 unspecified atom stereocenters. The van der Waals surface area contributed by atoms with E-state index in [1.165, 1.54) is 4.90 Å². The molecule has 7 nitrogen and oxygen atoms in total. The zero-order valence-corrected chi connectivity index (χ0v) is 22.4. The first kappa shape index (κ1) is 27.7. The van der Waals surface area contributed by atoms with Gasteiger partial charge < -0.3 is 10.2 Å². The molecular weight excluding hydrogens is 501 g/mol. The van der Waals surface area contributed by atoms with Crippen molar-refractivity contribution in [3.8, 4) is 0 Å². The van der Waals surface area contributed by atoms with E-state index in [2.05, 4.69) is 5.32 Å². The van der Waals surface area contributed by atoms with Crippen LogP contribution in [0.3, 0.4) is 0 Å². The van der Waals surface area contributed by atoms with Gasteiger partial charge >= 0.3 is 0 Å². The Hall–Kier alpha value is -2.90. The number of hydrogen-bond donors (Lipinski definition) is 1. The summed E-state index contributed by atoms with van der Waals surface area (Å²) in [5, 5.41) is 3.75. The summed E-state index contributed by atoms with van der Waals surface area (Å²) in [6, 6.07) is 11.0. The van der Waals surface area contributed by atoms with Gasteiger partial charge in [-0.25, -0.2) is 0 Å². The van der Waals surface area contributed by atoms with E-state index in [0.717, 1.165) is 4.90 Å². The first-order valence-electron chi connectivity index (χ1n) is 11.9. The number of fused-ring (bicyclic) bond motifs is 1. The maximum absolute atomic E-state index is 13.5. The fourth-order valence-corrected chi connectivity index (χ4v) is 4.72. The summed E-state index contributed by atoms with van der Waals surface area (Å²) in [6.07, 6.45) is 0.678. The summed E-state index contributed by atoms with van der Waals surface area (Å²) in [7, 11) is 0. The quantitative estimate of drug-likeness (QED) is 0.456. The predicted octanol–water partition coefficient (Wildman–Crippen LogP) is 5.09. The second-order valence-electron chi connectivity index (χ2n) is 9.80. The van der Waals surface area contributed by atoms with Crippen LogP contribution in [-0.2, 0) is 16.1 Å². The maximum atomic E-state index is 13.5. The smallest absolute Gasteiger partial charge is 0.261 e. The minimum atomic E-state index is -0.747. The number of halogens is 2. The lowest BCUT2D eigenvalue weighted by molar-refractivity contribution is -0.142. The summed E-state index contributed by atoms with van der Waals surface area (Å²) < 4.78 is 0. The Balaban J connectivity index is 1.77. The van der Waals surface area contributed by atoms with E-state index in [-0.39, 0.29) is 49.6 Å². The minimum absolute atomic E-state index is 0.0365. The minimum Gasteiger partial charge on any atom is -0.350 e. The second-order valence-corrected chi connectivity index (χ2v) is 10.6. The lowest BCUT2D eigenvalue weighted by atomic mass is 10.0. The van der Waals surface area contributed by atoms with Gasteiger partial charge in [0, 0.05) is 40.7 Å². The third-order valence-electron chi connectivity index (χ3n) is 5.92. The molecule has 1 atom stereocenters. The van der Waals surface area contributed by atoms with Crippen molar-refractivity contribution in [3.63, 3.8) is 0 Å². The lowest BCUT2D eigenvalue weighted by Gasteiger charge is -2.33. The highest BCUT2D eigenvalue weighted by atomic mass is 35.5. The molecular formula is C27H31Cl2N3O4. The molecule has 0 aromatic heterocycles. The highest BCUT2D eigenvalue weighted by Gasteiger charge is 2.35. The molecule has 192 valence electrons. The van der Waals surface area contributed by atoms with Crippen molar-refractivity contribution in [3.05, 3.63) is 69.2 Å². The van der Waals surface area contributed by atoms with E-state index in [1.807, 2.05) is 27.7 Å². The van der Waals surface area contributed by atoms with Crippen molar-refractivity contribution in [2.75, 3.05) is 6.54 Å². The summed E-state index contributed by atoms with van der Waals surface area (Å²) in [4.78, 5) is 54.5. The number of benzene rings is 2. The lowest BCUT2D eigenvalue weighted by Crippen LogP contribution is -2.53. The third kappa shape index (κ3) is 6.26. The molecule has 0 saturated carbocycles. The van der Waals surface area contributed by atoms with E-state index in [0.29, 0.717) is 33.2 Å². The van der Waals surface area contributed by atoms with Crippen LogP contribution in [0.5, 0.6) is 0 Å². The number of imide groups is 1. The highest BCUT2D eigenvalue weighted by Crippen LogP contribution is 2.28. The number of nitrogens with one attached hydrogen (secondary N) is 1. The van der Waals surface area contributed by atoms with Gasteiger partial charge in [0.05, 0.1) is 11.1 Å². The zero-order valence-electron chi connectivity index (χ0n) is 20.9. The number of carbonyl (C=O) groups excluding carboxylic acids is 4. The van der Waals surface area contributed by atoms with Gasteiger partial charge in [-0.3, -0.25) is 24.1 Å². The largest absolute Gasteiger partial charge is 0.350 e. The van der Waals surface area contributed by atoms with Gasteiger partial charge in [0.1, 0.15) is 6.04 Å². The van der Waals surface area contributed by atoms with E-state index in [1.54, 1.807) is 42.5 Å². The first-order valence-corrected chi connectivity index (χ1v) is 12.7. The van der Waals surface area contributed by atoms with E-state index >= 15 is 0 Å². The van der Waals surface area contributed by atoms with E-state index in [9.17, 15) is 19.2 Å². The van der Waals surface area contributed by atoms with Crippen LogP contribution in [0.25, 0.3) is 0 Å². The Kier molecular flexibility index (Phi) is 8.80. The summed E-state index contributed by atoms with van der Waals surface area (Å²) in [5.74, 6) is -1.29. The Morgan fingerprint density at radius 3 is 2.03 bits per heavy atom. The van der Waals surface area contributed by atoms with Gasteiger partial charge in [0.2, 0.25) is 11.8 Å². The van der Waals surface area contributed by atoms with Crippen LogP contribution in [0, 0.1) is 0 Å². The monoisotopic (exact) mass is 531 g/mol. The third-order valence-corrected chi connectivity index (χ3v) is 6.63. The molecule has 0 aliphatic carbocycles. The van der Waals surface area contributed by atoms with E-state index in [4.69, 9.17) is 23.2 Å². The Bertz CT molecular complexity index is 1120. The molecule has 0 bridgehead atoms. The predicted molar refractivity (Wildman–Crippen MR) is 140 cm³/mol. The number of hydrogen-bond acceptors (Lipinski definition) is 4. The summed E-state index contributed by atoms with van der Waals surface area (Å²) in [6.45, 7) is 7.61. The molecule has 4 amide bonds. The molecule has 1 aliphatic heterocycles. The van der Waals surface area contributed by atoms with Crippen LogP contribution in [0.4, 0.5) is 0 Å². The fourth-order valence-electron chi connectivity index (χ4n) is 4.20. The molecule has 0 saturated heterocycles. The maximum Gasteiger partial charge on any atom is 0.261 e. The van der Waals surface area contributed by atoms with Gasteiger partial charge in [0.25, 0.3) is 11.8 Å². The Morgan fingerprint density at radius 1 is 0.972 bits per heavy atom. The molecule has 9 heteroatoms. The molecule has 2 aromatic carbocycles.